The van der Waals surface area contributed by atoms with E-state index < -0.39 is 0 Å². The topological polar surface area (TPSA) is 35.6 Å². The third-order valence-corrected chi connectivity index (χ3v) is 13.5. The van der Waals surface area contributed by atoms with E-state index in [0.717, 1.165) is 62.1 Å². The number of hydrogen-bond donors (Lipinski definition) is 0. The van der Waals surface area contributed by atoms with Crippen LogP contribution in [0, 0.1) is 0 Å². The largest absolute Gasteiger partial charge is 0.309 e. The maximum Gasteiger partial charge on any atom is 0.0979 e. The van der Waals surface area contributed by atoms with Crippen LogP contribution in [0.3, 0.4) is 0 Å². The van der Waals surface area contributed by atoms with E-state index in [1.54, 1.807) is 0 Å². The number of allylic oxidation sites excluding steroid dienone is 1. The molecule has 1 aliphatic carbocycles. The molecule has 62 heavy (non-hydrogen) atoms. The normalized spacial score (nSPS) is 13.0. The van der Waals surface area contributed by atoms with Gasteiger partial charge in [0.1, 0.15) is 0 Å². The predicted molar refractivity (Wildman–Crippen MR) is 261 cm³/mol. The van der Waals surface area contributed by atoms with Crippen LogP contribution >= 0.6 is 0 Å². The average Bonchev–Trinajstić information content (AvgIpc) is 3.87. The molecular weight excluding hydrogens is 753 g/mol. The van der Waals surface area contributed by atoms with Gasteiger partial charge in [0.15, 0.2) is 0 Å². The number of nitrogens with zero attached hydrogens (tertiary/aromatic N) is 4. The fourth-order valence-corrected chi connectivity index (χ4v) is 10.8. The monoisotopic (exact) mass is 788 g/mol. The fourth-order valence-electron chi connectivity index (χ4n) is 10.8. The molecule has 0 amide bonds. The number of para-hydroxylation sites is 2. The van der Waals surface area contributed by atoms with E-state index >= 15 is 0 Å². The minimum absolute atomic E-state index is 0.934. The Balaban J connectivity index is 0.996. The minimum Gasteiger partial charge on any atom is -0.309 e. The van der Waals surface area contributed by atoms with Crippen molar-refractivity contribution < 1.29 is 0 Å². The van der Waals surface area contributed by atoms with E-state index in [9.17, 15) is 0 Å². The number of aryl methyl sites for hydroxylation is 1. The second-order valence-corrected chi connectivity index (χ2v) is 16.7. The molecule has 0 radical (unpaired) electrons. The first kappa shape index (κ1) is 33.7. The fraction of sp³-hybridized carbons (Fsp3) is 0.0345. The lowest BCUT2D eigenvalue weighted by molar-refractivity contribution is 0.967. The molecule has 3 heterocycles. The van der Waals surface area contributed by atoms with Gasteiger partial charge in [0.25, 0.3) is 0 Å². The Hall–Kier alpha value is -8.08. The summed E-state index contributed by atoms with van der Waals surface area (Å²) >= 11 is 0. The molecule has 0 spiro atoms. The van der Waals surface area contributed by atoms with Crippen LogP contribution in [0.4, 0.5) is 0 Å². The molecule has 0 N–H and O–H groups in total. The van der Waals surface area contributed by atoms with Crippen molar-refractivity contribution in [1.82, 2.24) is 19.1 Å². The summed E-state index contributed by atoms with van der Waals surface area (Å²) in [5, 5.41) is 13.1. The van der Waals surface area contributed by atoms with Gasteiger partial charge in [0, 0.05) is 54.8 Å². The van der Waals surface area contributed by atoms with E-state index in [1.165, 1.54) is 82.3 Å². The maximum atomic E-state index is 5.54. The van der Waals surface area contributed by atoms with Gasteiger partial charge in [-0.2, -0.15) is 0 Å². The van der Waals surface area contributed by atoms with Crippen LogP contribution in [0.15, 0.2) is 188 Å². The number of rotatable bonds is 3. The quantitative estimate of drug-likeness (QED) is 0.132. The summed E-state index contributed by atoms with van der Waals surface area (Å²) < 4.78 is 4.97. The summed E-state index contributed by atoms with van der Waals surface area (Å²) in [6.45, 7) is 0. The first-order valence-electron chi connectivity index (χ1n) is 21.6. The van der Waals surface area contributed by atoms with Crippen molar-refractivity contribution in [1.29, 1.82) is 0 Å². The van der Waals surface area contributed by atoms with E-state index in [0.29, 0.717) is 0 Å². The molecular formula is C58H36N4. The van der Waals surface area contributed by atoms with Crippen LogP contribution in [0.1, 0.15) is 17.7 Å². The molecule has 4 heteroatoms. The van der Waals surface area contributed by atoms with Crippen molar-refractivity contribution in [3.63, 3.8) is 0 Å². The van der Waals surface area contributed by atoms with E-state index in [2.05, 4.69) is 203 Å². The Morgan fingerprint density at radius 2 is 0.919 bits per heavy atom. The van der Waals surface area contributed by atoms with Crippen LogP contribution in [0.2, 0.25) is 0 Å². The van der Waals surface area contributed by atoms with Crippen molar-refractivity contribution in [2.75, 3.05) is 0 Å². The summed E-state index contributed by atoms with van der Waals surface area (Å²) in [7, 11) is 0. The molecule has 1 aliphatic rings. The molecule has 0 bridgehead atoms. The molecule has 0 atom stereocenters. The predicted octanol–water partition coefficient (Wildman–Crippen LogP) is 15.1. The number of hydrogen-bond acceptors (Lipinski definition) is 2. The zero-order chi connectivity index (χ0) is 40.5. The van der Waals surface area contributed by atoms with Gasteiger partial charge >= 0.3 is 0 Å². The highest BCUT2D eigenvalue weighted by Gasteiger charge is 2.25. The molecule has 14 rings (SSSR count). The van der Waals surface area contributed by atoms with Gasteiger partial charge in [-0.3, -0.25) is 0 Å². The van der Waals surface area contributed by atoms with Crippen LogP contribution in [0.25, 0.3) is 126 Å². The van der Waals surface area contributed by atoms with Crippen molar-refractivity contribution >= 4 is 104 Å². The summed E-state index contributed by atoms with van der Waals surface area (Å²) in [5.41, 5.74) is 14.9. The van der Waals surface area contributed by atoms with Gasteiger partial charge in [0.2, 0.25) is 0 Å². The molecule has 0 saturated heterocycles. The van der Waals surface area contributed by atoms with Crippen molar-refractivity contribution in [3.8, 4) is 22.5 Å². The molecule has 4 nitrogen and oxygen atoms in total. The zero-order valence-corrected chi connectivity index (χ0v) is 33.7. The molecule has 10 aromatic carbocycles. The molecule has 288 valence electrons. The Bertz CT molecular complexity index is 4090. The Kier molecular flexibility index (Phi) is 6.92. The SMILES string of the molecule is C1=Cc2c(c3c(ccc4c5ccccc5n(-c5ccccc5)c43)n2-c2cccc(-c3ccc4c(c3)c3ccccc3c3nc5c6ccccc6c6ccccc6c5nc43)c2)CC1. The lowest BCUT2D eigenvalue weighted by Crippen LogP contribution is -2.00. The summed E-state index contributed by atoms with van der Waals surface area (Å²) in [6, 6.07) is 66.3. The van der Waals surface area contributed by atoms with Gasteiger partial charge in [-0.1, -0.05) is 146 Å². The molecule has 0 saturated carbocycles. The molecule has 0 unspecified atom stereocenters. The Morgan fingerprint density at radius 1 is 0.371 bits per heavy atom. The first-order valence-corrected chi connectivity index (χ1v) is 21.6. The number of benzene rings is 10. The lowest BCUT2D eigenvalue weighted by atomic mass is 9.94. The van der Waals surface area contributed by atoms with Crippen molar-refractivity contribution in [3.05, 3.63) is 199 Å². The van der Waals surface area contributed by atoms with Gasteiger partial charge < -0.3 is 9.13 Å². The zero-order valence-electron chi connectivity index (χ0n) is 33.7. The highest BCUT2D eigenvalue weighted by molar-refractivity contribution is 6.28. The third kappa shape index (κ3) is 4.61. The van der Waals surface area contributed by atoms with Crippen molar-refractivity contribution in [2.24, 2.45) is 0 Å². The lowest BCUT2D eigenvalue weighted by Gasteiger charge is -2.15. The second kappa shape index (κ2) is 12.7. The van der Waals surface area contributed by atoms with E-state index in [1.807, 2.05) is 0 Å². The van der Waals surface area contributed by atoms with Crippen LogP contribution in [-0.4, -0.2) is 19.1 Å². The first-order chi connectivity index (χ1) is 30.8. The highest BCUT2D eigenvalue weighted by atomic mass is 15.0. The summed E-state index contributed by atoms with van der Waals surface area (Å²) in [6.07, 6.45) is 6.71. The average molecular weight is 789 g/mol. The van der Waals surface area contributed by atoms with Gasteiger partial charge in [-0.05, 0) is 99.6 Å². The van der Waals surface area contributed by atoms with Gasteiger partial charge in [0.05, 0.1) is 38.6 Å². The maximum absolute atomic E-state index is 5.54. The molecule has 0 fully saturated rings. The van der Waals surface area contributed by atoms with Gasteiger partial charge in [-0.15, -0.1) is 0 Å². The molecule has 3 aromatic heterocycles. The summed E-state index contributed by atoms with van der Waals surface area (Å²) in [5.74, 6) is 0. The number of fused-ring (bicyclic) bond motifs is 19. The van der Waals surface area contributed by atoms with Gasteiger partial charge in [-0.25, -0.2) is 9.97 Å². The van der Waals surface area contributed by atoms with Crippen molar-refractivity contribution in [2.45, 2.75) is 12.8 Å². The van der Waals surface area contributed by atoms with E-state index in [4.69, 9.17) is 9.97 Å². The third-order valence-electron chi connectivity index (χ3n) is 13.5. The highest BCUT2D eigenvalue weighted by Crippen LogP contribution is 2.44. The summed E-state index contributed by atoms with van der Waals surface area (Å²) in [4.78, 5) is 11.0. The van der Waals surface area contributed by atoms with Crippen LogP contribution in [0.5, 0.6) is 0 Å². The number of aromatic nitrogens is 4. The Morgan fingerprint density at radius 3 is 1.61 bits per heavy atom. The Labute approximate surface area is 356 Å². The van der Waals surface area contributed by atoms with E-state index in [-0.39, 0.29) is 0 Å². The van der Waals surface area contributed by atoms with Crippen LogP contribution < -0.4 is 0 Å². The molecule has 0 aliphatic heterocycles. The second-order valence-electron chi connectivity index (χ2n) is 16.7. The smallest absolute Gasteiger partial charge is 0.0979 e. The minimum atomic E-state index is 0.934. The van der Waals surface area contributed by atoms with Crippen LogP contribution in [-0.2, 0) is 6.42 Å². The standard InChI is InChI=1S/C58H36N4/c1-2-16-37(17-3-1)62-50-27-12-10-22-42(50)47-31-32-52-53(58(47)62)48-26-11-13-28-51(48)61(52)38-18-14-15-35(33-38)36-29-30-46-49(34-36)41-21-6-9-25-45(41)56-57(46)60-55-44-24-8-5-20-40(44)39-19-4-7-23-43(39)54(55)59-56/h1-10,12-25,27-34H,11,26H2. The molecule has 13 aromatic rings.